The van der Waals surface area contributed by atoms with E-state index in [1.807, 2.05) is 18.2 Å². The summed E-state index contributed by atoms with van der Waals surface area (Å²) in [7, 11) is -4.98. The van der Waals surface area contributed by atoms with Crippen LogP contribution in [0.1, 0.15) is 5.56 Å². The number of rotatable bonds is 6. The maximum absolute atomic E-state index is 12.4. The Balaban J connectivity index is 2.06. The summed E-state index contributed by atoms with van der Waals surface area (Å²) in [6, 6.07) is 12.1. The second kappa shape index (κ2) is 7.99. The van der Waals surface area contributed by atoms with Gasteiger partial charge in [0.2, 0.25) is 0 Å². The maximum atomic E-state index is 12.4. The minimum Gasteiger partial charge on any atom is -0.420 e. The van der Waals surface area contributed by atoms with Crippen LogP contribution in [0.3, 0.4) is 0 Å². The zero-order valence-electron chi connectivity index (χ0n) is 11.5. The zero-order chi connectivity index (χ0) is 17.0. The highest BCUT2D eigenvalue weighted by atomic mass is 79.9. The highest BCUT2D eigenvalue weighted by molar-refractivity contribution is 9.10. The summed E-state index contributed by atoms with van der Waals surface area (Å²) in [5.41, 5.74) is 0.888. The first-order valence-corrected chi connectivity index (χ1v) is 10.1. The van der Waals surface area contributed by atoms with Crippen LogP contribution >= 0.6 is 46.9 Å². The Morgan fingerprint density at radius 2 is 2.04 bits per heavy atom. The smallest absolute Gasteiger partial charge is 0.420 e. The number of benzene rings is 2. The lowest BCUT2D eigenvalue weighted by Gasteiger charge is -2.14. The van der Waals surface area contributed by atoms with Crippen LogP contribution in [-0.2, 0) is 10.3 Å². The van der Waals surface area contributed by atoms with Crippen LogP contribution in [0.5, 0.6) is 5.75 Å². The third-order valence-electron chi connectivity index (χ3n) is 2.67. The van der Waals surface area contributed by atoms with Crippen molar-refractivity contribution >= 4 is 46.9 Å². The number of hydrogen-bond acceptors (Lipinski definition) is 3. The van der Waals surface area contributed by atoms with Crippen molar-refractivity contribution in [1.29, 1.82) is 0 Å². The van der Waals surface area contributed by atoms with Gasteiger partial charge < -0.3 is 9.42 Å². The number of halogens is 4. The maximum Gasteiger partial charge on any atom is 0.442 e. The SMILES string of the molecule is O=P(O)(Oc1ccc(CSc2cccc(Cl)c2)cc1Br)C(F)F. The van der Waals surface area contributed by atoms with Gasteiger partial charge in [0, 0.05) is 15.7 Å². The van der Waals surface area contributed by atoms with E-state index in [0.717, 1.165) is 10.5 Å². The number of alkyl halides is 2. The first kappa shape index (κ1) is 18.7. The van der Waals surface area contributed by atoms with E-state index in [9.17, 15) is 13.3 Å². The van der Waals surface area contributed by atoms with Crippen LogP contribution in [0, 0.1) is 0 Å². The molecule has 1 N–H and O–H groups in total. The van der Waals surface area contributed by atoms with Crippen molar-refractivity contribution in [2.24, 2.45) is 0 Å². The van der Waals surface area contributed by atoms with E-state index in [2.05, 4.69) is 20.5 Å². The van der Waals surface area contributed by atoms with Crippen LogP contribution in [0.2, 0.25) is 5.02 Å². The van der Waals surface area contributed by atoms with Gasteiger partial charge in [-0.15, -0.1) is 11.8 Å². The Morgan fingerprint density at radius 1 is 1.30 bits per heavy atom. The quantitative estimate of drug-likeness (QED) is 0.428. The molecular formula is C14H11BrClF2O3PS. The second-order valence-corrected chi connectivity index (χ2v) is 8.48. The van der Waals surface area contributed by atoms with E-state index in [0.29, 0.717) is 15.2 Å². The van der Waals surface area contributed by atoms with Gasteiger partial charge in [-0.3, -0.25) is 0 Å². The molecule has 2 rings (SSSR count). The van der Waals surface area contributed by atoms with Crippen LogP contribution < -0.4 is 4.52 Å². The van der Waals surface area contributed by atoms with Crippen LogP contribution in [0.4, 0.5) is 8.78 Å². The average molecular weight is 444 g/mol. The zero-order valence-corrected chi connectivity index (χ0v) is 15.5. The molecule has 1 atom stereocenters. The molecule has 0 aromatic heterocycles. The van der Waals surface area contributed by atoms with Crippen molar-refractivity contribution < 1.29 is 22.8 Å². The Kier molecular flexibility index (Phi) is 6.51. The monoisotopic (exact) mass is 442 g/mol. The molecule has 0 amide bonds. The van der Waals surface area contributed by atoms with Crippen molar-refractivity contribution in [3.63, 3.8) is 0 Å². The predicted molar refractivity (Wildman–Crippen MR) is 91.6 cm³/mol. The molecule has 9 heteroatoms. The molecule has 23 heavy (non-hydrogen) atoms. The average Bonchev–Trinajstić information content (AvgIpc) is 2.47. The normalized spacial score (nSPS) is 13.8. The van der Waals surface area contributed by atoms with Crippen LogP contribution in [0.15, 0.2) is 51.8 Å². The van der Waals surface area contributed by atoms with E-state index >= 15 is 0 Å². The van der Waals surface area contributed by atoms with E-state index in [4.69, 9.17) is 16.5 Å². The Morgan fingerprint density at radius 3 is 2.65 bits per heavy atom. The summed E-state index contributed by atoms with van der Waals surface area (Å²) in [4.78, 5) is 10.1. The summed E-state index contributed by atoms with van der Waals surface area (Å²) >= 11 is 10.6. The number of thioether (sulfide) groups is 1. The summed E-state index contributed by atoms with van der Waals surface area (Å²) in [5, 5.41) is 0.644. The van der Waals surface area contributed by atoms with Gasteiger partial charge in [0.15, 0.2) is 0 Å². The van der Waals surface area contributed by atoms with Crippen molar-refractivity contribution in [2.75, 3.05) is 0 Å². The molecule has 2 aromatic carbocycles. The Bertz CT molecular complexity index is 748. The van der Waals surface area contributed by atoms with E-state index < -0.39 is 13.8 Å². The van der Waals surface area contributed by atoms with Gasteiger partial charge in [0.05, 0.1) is 4.47 Å². The summed E-state index contributed by atoms with van der Waals surface area (Å²) in [6.45, 7) is 0. The summed E-state index contributed by atoms with van der Waals surface area (Å²) in [6.07, 6.45) is -3.45. The van der Waals surface area contributed by atoms with Crippen LogP contribution in [-0.4, -0.2) is 11.1 Å². The second-order valence-electron chi connectivity index (χ2n) is 4.44. The number of hydrogen-bond donors (Lipinski definition) is 1. The van der Waals surface area contributed by atoms with Crippen LogP contribution in [0.25, 0.3) is 0 Å². The summed E-state index contributed by atoms with van der Waals surface area (Å²) < 4.78 is 40.8. The molecule has 0 bridgehead atoms. The molecule has 0 fully saturated rings. The first-order chi connectivity index (χ1) is 10.8. The van der Waals surface area contributed by atoms with Crippen molar-refractivity contribution in [3.05, 3.63) is 57.5 Å². The van der Waals surface area contributed by atoms with Gasteiger partial charge in [-0.05, 0) is 51.8 Å². The fourth-order valence-corrected chi connectivity index (χ4v) is 3.92. The Hall–Kier alpha value is -0.590. The van der Waals surface area contributed by atoms with Crippen molar-refractivity contribution in [1.82, 2.24) is 0 Å². The van der Waals surface area contributed by atoms with Gasteiger partial charge in [-0.25, -0.2) is 4.57 Å². The molecule has 0 radical (unpaired) electrons. The third kappa shape index (κ3) is 5.47. The molecule has 0 heterocycles. The first-order valence-electron chi connectivity index (χ1n) is 6.25. The summed E-state index contributed by atoms with van der Waals surface area (Å²) in [5.74, 6) is 0.512. The molecule has 0 aliphatic carbocycles. The topological polar surface area (TPSA) is 46.5 Å². The van der Waals surface area contributed by atoms with E-state index in [1.54, 1.807) is 30.0 Å². The fraction of sp³-hybridized carbons (Fsp3) is 0.143. The lowest BCUT2D eigenvalue weighted by molar-refractivity contribution is 0.188. The molecule has 0 saturated heterocycles. The molecule has 0 saturated carbocycles. The fourth-order valence-electron chi connectivity index (χ4n) is 1.61. The molecule has 124 valence electrons. The van der Waals surface area contributed by atoms with Gasteiger partial charge >= 0.3 is 13.8 Å². The minimum atomic E-state index is -4.98. The molecule has 0 spiro atoms. The minimum absolute atomic E-state index is 0.104. The third-order valence-corrected chi connectivity index (χ3v) is 5.55. The highest BCUT2D eigenvalue weighted by Crippen LogP contribution is 2.50. The molecular weight excluding hydrogens is 433 g/mol. The Labute approximate surface area is 149 Å². The van der Waals surface area contributed by atoms with Gasteiger partial charge in [-0.1, -0.05) is 23.7 Å². The van der Waals surface area contributed by atoms with Crippen molar-refractivity contribution in [2.45, 2.75) is 16.8 Å². The van der Waals surface area contributed by atoms with E-state index in [1.165, 1.54) is 6.07 Å². The highest BCUT2D eigenvalue weighted by Gasteiger charge is 2.34. The molecule has 3 nitrogen and oxygen atoms in total. The van der Waals surface area contributed by atoms with Gasteiger partial charge in [0.25, 0.3) is 0 Å². The van der Waals surface area contributed by atoms with Crippen molar-refractivity contribution in [3.8, 4) is 5.75 Å². The molecule has 1 unspecified atom stereocenters. The van der Waals surface area contributed by atoms with Gasteiger partial charge in [-0.2, -0.15) is 8.78 Å². The van der Waals surface area contributed by atoms with Gasteiger partial charge in [0.1, 0.15) is 5.75 Å². The lowest BCUT2D eigenvalue weighted by Crippen LogP contribution is -2.01. The predicted octanol–water partition coefficient (Wildman–Crippen LogP) is 6.18. The van der Waals surface area contributed by atoms with E-state index in [-0.39, 0.29) is 5.75 Å². The largest absolute Gasteiger partial charge is 0.442 e. The molecule has 2 aromatic rings. The molecule has 0 aliphatic heterocycles. The molecule has 0 aliphatic rings. The lowest BCUT2D eigenvalue weighted by atomic mass is 10.2. The standard InChI is InChI=1S/C14H11BrClF2O3PS/c15-12-6-9(8-23-11-3-1-2-10(16)7-11)4-5-13(12)21-22(19,20)14(17)18/h1-7,14H,8H2,(H,19,20).